The first-order valence-electron chi connectivity index (χ1n) is 6.12. The van der Waals surface area contributed by atoms with Crippen molar-refractivity contribution >= 4 is 23.2 Å². The quantitative estimate of drug-likeness (QED) is 0.805. The van der Waals surface area contributed by atoms with E-state index in [1.807, 2.05) is 4.57 Å². The average molecular weight is 300 g/mol. The zero-order valence-electron chi connectivity index (χ0n) is 10.1. The van der Waals surface area contributed by atoms with E-state index in [0.717, 1.165) is 24.5 Å². The van der Waals surface area contributed by atoms with E-state index >= 15 is 0 Å². The van der Waals surface area contributed by atoms with Crippen LogP contribution in [0.4, 0.5) is 4.39 Å². The summed E-state index contributed by atoms with van der Waals surface area (Å²) in [5, 5.41) is 8.61. The Labute approximate surface area is 120 Å². The third kappa shape index (κ3) is 2.47. The maximum Gasteiger partial charge on any atom is 0.148 e. The Morgan fingerprint density at radius 2 is 2.00 bits per heavy atom. The summed E-state index contributed by atoms with van der Waals surface area (Å²) in [6.07, 6.45) is 2.53. The molecular formula is C13H12Cl2FN3. The van der Waals surface area contributed by atoms with E-state index in [1.54, 1.807) is 12.1 Å². The van der Waals surface area contributed by atoms with Crippen molar-refractivity contribution in [2.24, 2.45) is 0 Å². The van der Waals surface area contributed by atoms with Crippen LogP contribution in [0, 0.1) is 5.82 Å². The van der Waals surface area contributed by atoms with Crippen molar-refractivity contribution in [1.29, 1.82) is 0 Å². The molecule has 1 saturated carbocycles. The summed E-state index contributed by atoms with van der Waals surface area (Å²) in [7, 11) is 0. The van der Waals surface area contributed by atoms with Gasteiger partial charge in [-0.3, -0.25) is 0 Å². The van der Waals surface area contributed by atoms with Gasteiger partial charge in [-0.2, -0.15) is 0 Å². The van der Waals surface area contributed by atoms with Crippen molar-refractivity contribution in [2.75, 3.05) is 0 Å². The lowest BCUT2D eigenvalue weighted by molar-refractivity contribution is 0.605. The van der Waals surface area contributed by atoms with Crippen LogP contribution in [0.25, 0.3) is 0 Å². The molecule has 3 rings (SSSR count). The van der Waals surface area contributed by atoms with Crippen LogP contribution in [-0.2, 0) is 12.3 Å². The van der Waals surface area contributed by atoms with Gasteiger partial charge in [-0.25, -0.2) is 4.39 Å². The molecular weight excluding hydrogens is 288 g/mol. The van der Waals surface area contributed by atoms with Crippen LogP contribution >= 0.6 is 23.2 Å². The number of halogens is 3. The summed E-state index contributed by atoms with van der Waals surface area (Å²) in [5.74, 6) is 1.47. The van der Waals surface area contributed by atoms with Gasteiger partial charge in [0.1, 0.15) is 17.5 Å². The maximum atomic E-state index is 13.8. The van der Waals surface area contributed by atoms with E-state index in [4.69, 9.17) is 23.2 Å². The lowest BCUT2D eigenvalue weighted by atomic mass is 10.1. The first-order valence-corrected chi connectivity index (χ1v) is 7.03. The largest absolute Gasteiger partial charge is 0.311 e. The number of nitrogens with zero attached hydrogens (tertiary/aromatic N) is 3. The molecule has 0 atom stereocenters. The summed E-state index contributed by atoms with van der Waals surface area (Å²) in [6.45, 7) is 0. The average Bonchev–Trinajstić information content (AvgIpc) is 3.15. The smallest absolute Gasteiger partial charge is 0.148 e. The predicted molar refractivity (Wildman–Crippen MR) is 72.1 cm³/mol. The summed E-state index contributed by atoms with van der Waals surface area (Å²) >= 11 is 11.9. The van der Waals surface area contributed by atoms with Crippen LogP contribution in [-0.4, -0.2) is 14.8 Å². The van der Waals surface area contributed by atoms with Gasteiger partial charge < -0.3 is 4.57 Å². The molecule has 0 radical (unpaired) electrons. The Balaban J connectivity index is 1.97. The summed E-state index contributed by atoms with van der Waals surface area (Å²) in [6, 6.07) is 5.09. The molecule has 6 heteroatoms. The molecule has 0 amide bonds. The highest BCUT2D eigenvalue weighted by Gasteiger charge is 2.29. The standard InChI is InChI=1S/C13H12Cl2FN3/c14-7-13-18-17-12(19(13)8-4-5-8)6-9-10(15)2-1-3-11(9)16/h1-3,8H,4-7H2. The molecule has 1 fully saturated rings. The van der Waals surface area contributed by atoms with E-state index in [-0.39, 0.29) is 5.82 Å². The van der Waals surface area contributed by atoms with Crippen molar-refractivity contribution in [2.45, 2.75) is 31.2 Å². The fraction of sp³-hybridized carbons (Fsp3) is 0.385. The van der Waals surface area contributed by atoms with Gasteiger partial charge in [0.05, 0.1) is 5.88 Å². The Kier molecular flexibility index (Phi) is 3.46. The zero-order chi connectivity index (χ0) is 13.4. The van der Waals surface area contributed by atoms with Crippen LogP contribution in [0.2, 0.25) is 5.02 Å². The third-order valence-electron chi connectivity index (χ3n) is 3.27. The second-order valence-corrected chi connectivity index (χ2v) is 5.32. The van der Waals surface area contributed by atoms with Gasteiger partial charge in [-0.1, -0.05) is 17.7 Å². The van der Waals surface area contributed by atoms with E-state index in [9.17, 15) is 4.39 Å². The second-order valence-electron chi connectivity index (χ2n) is 4.64. The van der Waals surface area contributed by atoms with Gasteiger partial charge in [0.2, 0.25) is 0 Å². The number of aromatic nitrogens is 3. The SMILES string of the molecule is Fc1cccc(Cl)c1Cc1nnc(CCl)n1C1CC1. The van der Waals surface area contributed by atoms with Crippen molar-refractivity contribution in [1.82, 2.24) is 14.8 Å². The first kappa shape index (κ1) is 12.9. The molecule has 3 nitrogen and oxygen atoms in total. The van der Waals surface area contributed by atoms with Crippen LogP contribution in [0.3, 0.4) is 0 Å². The fourth-order valence-electron chi connectivity index (χ4n) is 2.19. The molecule has 1 heterocycles. The summed E-state index contributed by atoms with van der Waals surface area (Å²) < 4.78 is 15.8. The summed E-state index contributed by atoms with van der Waals surface area (Å²) in [5.41, 5.74) is 0.458. The zero-order valence-corrected chi connectivity index (χ0v) is 11.6. The van der Waals surface area contributed by atoms with Crippen molar-refractivity contribution < 1.29 is 4.39 Å². The van der Waals surface area contributed by atoms with Gasteiger partial charge in [0, 0.05) is 23.0 Å². The number of benzene rings is 1. The molecule has 0 unspecified atom stereocenters. The molecule has 0 N–H and O–H groups in total. The minimum Gasteiger partial charge on any atom is -0.311 e. The van der Waals surface area contributed by atoms with Crippen molar-refractivity contribution in [3.63, 3.8) is 0 Å². The Bertz CT molecular complexity index is 588. The second kappa shape index (κ2) is 5.10. The number of alkyl halides is 1. The van der Waals surface area contributed by atoms with Crippen LogP contribution in [0.5, 0.6) is 0 Å². The number of hydrogen-bond donors (Lipinski definition) is 0. The van der Waals surface area contributed by atoms with E-state index in [1.165, 1.54) is 6.07 Å². The molecule has 19 heavy (non-hydrogen) atoms. The van der Waals surface area contributed by atoms with Gasteiger partial charge in [0.15, 0.2) is 0 Å². The molecule has 1 aliphatic rings. The Morgan fingerprint density at radius 3 is 2.63 bits per heavy atom. The summed E-state index contributed by atoms with van der Waals surface area (Å²) in [4.78, 5) is 0. The molecule has 0 bridgehead atoms. The number of hydrogen-bond acceptors (Lipinski definition) is 2. The van der Waals surface area contributed by atoms with Crippen LogP contribution in [0.1, 0.15) is 36.1 Å². The molecule has 1 aromatic carbocycles. The molecule has 100 valence electrons. The highest BCUT2D eigenvalue weighted by molar-refractivity contribution is 6.31. The van der Waals surface area contributed by atoms with Crippen LogP contribution < -0.4 is 0 Å². The van der Waals surface area contributed by atoms with Gasteiger partial charge in [0.25, 0.3) is 0 Å². The molecule has 0 spiro atoms. The van der Waals surface area contributed by atoms with Gasteiger partial charge in [-0.05, 0) is 25.0 Å². The maximum absolute atomic E-state index is 13.8. The number of rotatable bonds is 4. The highest BCUT2D eigenvalue weighted by Crippen LogP contribution is 2.37. The van der Waals surface area contributed by atoms with E-state index < -0.39 is 0 Å². The Morgan fingerprint density at radius 1 is 1.26 bits per heavy atom. The third-order valence-corrected chi connectivity index (χ3v) is 3.86. The fourth-order valence-corrected chi connectivity index (χ4v) is 2.60. The minimum absolute atomic E-state index is 0.314. The first-order chi connectivity index (χ1) is 9.20. The Hall–Kier alpha value is -1.13. The highest BCUT2D eigenvalue weighted by atomic mass is 35.5. The van der Waals surface area contributed by atoms with Crippen molar-refractivity contribution in [3.05, 3.63) is 46.3 Å². The van der Waals surface area contributed by atoms with Gasteiger partial charge in [-0.15, -0.1) is 21.8 Å². The molecule has 0 aliphatic heterocycles. The molecule has 0 saturated heterocycles. The van der Waals surface area contributed by atoms with Crippen molar-refractivity contribution in [3.8, 4) is 0 Å². The molecule has 2 aromatic rings. The normalized spacial score (nSPS) is 14.9. The monoisotopic (exact) mass is 299 g/mol. The minimum atomic E-state index is -0.315. The van der Waals surface area contributed by atoms with E-state index in [0.29, 0.717) is 28.9 Å². The predicted octanol–water partition coefficient (Wildman–Crippen LogP) is 3.74. The lowest BCUT2D eigenvalue weighted by Crippen LogP contribution is -2.07. The topological polar surface area (TPSA) is 30.7 Å². The van der Waals surface area contributed by atoms with Crippen LogP contribution in [0.15, 0.2) is 18.2 Å². The molecule has 1 aromatic heterocycles. The van der Waals surface area contributed by atoms with E-state index in [2.05, 4.69) is 10.2 Å². The molecule has 1 aliphatic carbocycles. The van der Waals surface area contributed by atoms with Gasteiger partial charge >= 0.3 is 0 Å². The lowest BCUT2D eigenvalue weighted by Gasteiger charge is -2.09.